The topological polar surface area (TPSA) is 32.3 Å². The molecule has 2 heteroatoms. The van der Waals surface area contributed by atoms with Crippen LogP contribution in [0.5, 0.6) is 0 Å². The van der Waals surface area contributed by atoms with Gasteiger partial charge >= 0.3 is 0 Å². The summed E-state index contributed by atoms with van der Waals surface area (Å²) in [5.74, 6) is 0. The lowest BCUT2D eigenvalue weighted by atomic mass is 10.00. The predicted octanol–water partition coefficient (Wildman–Crippen LogP) is 3.49. The Kier molecular flexibility index (Phi) is 8.96. The molecule has 2 N–H and O–H groups in total. The summed E-state index contributed by atoms with van der Waals surface area (Å²) in [6.45, 7) is 9.21. The number of hydrogen-bond acceptors (Lipinski definition) is 2. The minimum atomic E-state index is -0.535. The van der Waals surface area contributed by atoms with Crippen LogP contribution in [0.1, 0.15) is 72.6 Å². The first-order valence-electron chi connectivity index (χ1n) is 6.97. The highest BCUT2D eigenvalue weighted by molar-refractivity contribution is 4.76. The van der Waals surface area contributed by atoms with Gasteiger partial charge in [0.25, 0.3) is 0 Å². The van der Waals surface area contributed by atoms with Crippen LogP contribution in [-0.2, 0) is 0 Å². The van der Waals surface area contributed by atoms with Crippen LogP contribution in [0.3, 0.4) is 0 Å². The number of nitrogens with one attached hydrogen (secondary N) is 1. The van der Waals surface area contributed by atoms with Crippen molar-refractivity contribution in [1.29, 1.82) is 0 Å². The average Bonchev–Trinajstić information content (AvgIpc) is 2.22. The fourth-order valence-corrected chi connectivity index (χ4v) is 2.00. The van der Waals surface area contributed by atoms with Crippen LogP contribution in [0.2, 0.25) is 0 Å². The van der Waals surface area contributed by atoms with E-state index < -0.39 is 5.60 Å². The van der Waals surface area contributed by atoms with E-state index in [1.165, 1.54) is 32.1 Å². The molecule has 0 aromatic heterocycles. The maximum Gasteiger partial charge on any atom is 0.0743 e. The van der Waals surface area contributed by atoms with Crippen LogP contribution in [0.15, 0.2) is 0 Å². The highest BCUT2D eigenvalue weighted by Crippen LogP contribution is 2.11. The first-order chi connectivity index (χ1) is 7.52. The lowest BCUT2D eigenvalue weighted by Gasteiger charge is -2.25. The molecule has 0 radical (unpaired) electrons. The number of aliphatic hydroxyl groups is 1. The van der Waals surface area contributed by atoms with E-state index in [4.69, 9.17) is 0 Å². The summed E-state index contributed by atoms with van der Waals surface area (Å²) in [6, 6.07) is 0.528. The molecule has 0 aliphatic carbocycles. The first-order valence-corrected chi connectivity index (χ1v) is 6.97. The summed E-state index contributed by atoms with van der Waals surface area (Å²) in [4.78, 5) is 0. The molecule has 0 saturated heterocycles. The zero-order valence-corrected chi connectivity index (χ0v) is 11.7. The van der Waals surface area contributed by atoms with Gasteiger partial charge in [0.1, 0.15) is 0 Å². The molecule has 0 spiro atoms. The second-order valence-electron chi connectivity index (χ2n) is 5.38. The van der Waals surface area contributed by atoms with E-state index in [0.717, 1.165) is 19.4 Å². The van der Waals surface area contributed by atoms with Crippen LogP contribution in [0, 0.1) is 0 Å². The molecule has 0 bridgehead atoms. The third-order valence-electron chi connectivity index (χ3n) is 3.11. The normalized spacial score (nSPS) is 17.1. The van der Waals surface area contributed by atoms with Gasteiger partial charge in [-0.3, -0.25) is 0 Å². The van der Waals surface area contributed by atoms with Gasteiger partial charge in [-0.1, -0.05) is 46.0 Å². The standard InChI is InChI=1S/C14H31NO/c1-5-7-8-9-10-13(3)15-12-14(4,16)11-6-2/h13,15-16H,5-12H2,1-4H3. The second-order valence-corrected chi connectivity index (χ2v) is 5.38. The molecule has 0 aliphatic heterocycles. The Morgan fingerprint density at radius 2 is 1.81 bits per heavy atom. The largest absolute Gasteiger partial charge is 0.389 e. The molecule has 0 heterocycles. The van der Waals surface area contributed by atoms with Crippen molar-refractivity contribution in [1.82, 2.24) is 5.32 Å². The Morgan fingerprint density at radius 3 is 2.38 bits per heavy atom. The lowest BCUT2D eigenvalue weighted by Crippen LogP contribution is -2.41. The molecule has 2 nitrogen and oxygen atoms in total. The molecule has 0 fully saturated rings. The highest BCUT2D eigenvalue weighted by atomic mass is 16.3. The molecule has 16 heavy (non-hydrogen) atoms. The molecule has 0 rings (SSSR count). The van der Waals surface area contributed by atoms with Crippen LogP contribution >= 0.6 is 0 Å². The monoisotopic (exact) mass is 229 g/mol. The SMILES string of the molecule is CCCCCCC(C)NCC(C)(O)CCC. The molecule has 0 aromatic rings. The zero-order chi connectivity index (χ0) is 12.4. The van der Waals surface area contributed by atoms with Gasteiger partial charge in [-0.15, -0.1) is 0 Å². The van der Waals surface area contributed by atoms with Gasteiger partial charge in [0, 0.05) is 12.6 Å². The van der Waals surface area contributed by atoms with Crippen LogP contribution in [0.25, 0.3) is 0 Å². The minimum Gasteiger partial charge on any atom is -0.389 e. The molecule has 0 aromatic carbocycles. The summed E-state index contributed by atoms with van der Waals surface area (Å²) < 4.78 is 0. The highest BCUT2D eigenvalue weighted by Gasteiger charge is 2.19. The van der Waals surface area contributed by atoms with Crippen molar-refractivity contribution in [2.75, 3.05) is 6.54 Å². The van der Waals surface area contributed by atoms with Gasteiger partial charge < -0.3 is 10.4 Å². The molecule has 0 aliphatic rings. The van der Waals surface area contributed by atoms with E-state index in [0.29, 0.717) is 6.04 Å². The van der Waals surface area contributed by atoms with E-state index >= 15 is 0 Å². The quantitative estimate of drug-likeness (QED) is 0.562. The first kappa shape index (κ1) is 15.9. The van der Waals surface area contributed by atoms with Crippen molar-refractivity contribution in [3.05, 3.63) is 0 Å². The molecule has 2 unspecified atom stereocenters. The van der Waals surface area contributed by atoms with Gasteiger partial charge in [-0.25, -0.2) is 0 Å². The van der Waals surface area contributed by atoms with E-state index in [-0.39, 0.29) is 0 Å². The maximum atomic E-state index is 10.0. The number of rotatable bonds is 10. The molecular formula is C14H31NO. The maximum absolute atomic E-state index is 10.0. The minimum absolute atomic E-state index is 0.528. The van der Waals surface area contributed by atoms with E-state index in [1.54, 1.807) is 0 Å². The van der Waals surface area contributed by atoms with Crippen molar-refractivity contribution in [3.8, 4) is 0 Å². The molecule has 0 saturated carbocycles. The van der Waals surface area contributed by atoms with Crippen molar-refractivity contribution >= 4 is 0 Å². The fraction of sp³-hybridized carbons (Fsp3) is 1.00. The Balaban J connectivity index is 3.52. The smallest absolute Gasteiger partial charge is 0.0743 e. The van der Waals surface area contributed by atoms with Gasteiger partial charge in [0.15, 0.2) is 0 Å². The molecule has 2 atom stereocenters. The Labute approximate surface area is 102 Å². The van der Waals surface area contributed by atoms with Gasteiger partial charge in [0.05, 0.1) is 5.60 Å². The Bertz CT molecular complexity index is 157. The van der Waals surface area contributed by atoms with Gasteiger partial charge in [-0.05, 0) is 26.7 Å². The van der Waals surface area contributed by atoms with Crippen molar-refractivity contribution < 1.29 is 5.11 Å². The fourth-order valence-electron chi connectivity index (χ4n) is 2.00. The van der Waals surface area contributed by atoms with Crippen molar-refractivity contribution in [2.45, 2.75) is 84.3 Å². The third kappa shape index (κ3) is 9.17. The predicted molar refractivity (Wildman–Crippen MR) is 71.8 cm³/mol. The van der Waals surface area contributed by atoms with Crippen molar-refractivity contribution in [2.24, 2.45) is 0 Å². The van der Waals surface area contributed by atoms with Gasteiger partial charge in [-0.2, -0.15) is 0 Å². The summed E-state index contributed by atoms with van der Waals surface area (Å²) in [6.07, 6.45) is 8.43. The Hall–Kier alpha value is -0.0800. The summed E-state index contributed by atoms with van der Waals surface area (Å²) in [5.41, 5.74) is -0.535. The van der Waals surface area contributed by atoms with Crippen LogP contribution < -0.4 is 5.32 Å². The zero-order valence-electron chi connectivity index (χ0n) is 11.7. The lowest BCUT2D eigenvalue weighted by molar-refractivity contribution is 0.0473. The molecule has 98 valence electrons. The van der Waals surface area contributed by atoms with E-state index in [1.807, 2.05) is 6.92 Å². The number of unbranched alkanes of at least 4 members (excludes halogenated alkanes) is 3. The average molecular weight is 229 g/mol. The third-order valence-corrected chi connectivity index (χ3v) is 3.11. The Morgan fingerprint density at radius 1 is 1.12 bits per heavy atom. The van der Waals surface area contributed by atoms with Crippen molar-refractivity contribution in [3.63, 3.8) is 0 Å². The van der Waals surface area contributed by atoms with E-state index in [9.17, 15) is 5.11 Å². The summed E-state index contributed by atoms with van der Waals surface area (Å²) >= 11 is 0. The van der Waals surface area contributed by atoms with E-state index in [2.05, 4.69) is 26.1 Å². The summed E-state index contributed by atoms with van der Waals surface area (Å²) in [5, 5.41) is 13.4. The van der Waals surface area contributed by atoms with Crippen LogP contribution in [0.4, 0.5) is 0 Å². The summed E-state index contributed by atoms with van der Waals surface area (Å²) in [7, 11) is 0. The molecular weight excluding hydrogens is 198 g/mol. The molecule has 0 amide bonds. The second kappa shape index (κ2) is 9.00. The van der Waals surface area contributed by atoms with Crippen LogP contribution in [-0.4, -0.2) is 23.3 Å². The van der Waals surface area contributed by atoms with Gasteiger partial charge in [0.2, 0.25) is 0 Å². The number of hydrogen-bond donors (Lipinski definition) is 2.